The molecule has 1 saturated heterocycles. The van der Waals surface area contributed by atoms with Gasteiger partial charge in [-0.1, -0.05) is 12.1 Å². The van der Waals surface area contributed by atoms with Crippen LogP contribution in [0.1, 0.15) is 12.8 Å². The first kappa shape index (κ1) is 13.7. The zero-order valence-corrected chi connectivity index (χ0v) is 11.2. The Balaban J connectivity index is 2.17. The lowest BCUT2D eigenvalue weighted by molar-refractivity contribution is -0.144. The number of hydrogen-bond acceptors (Lipinski definition) is 5. The highest BCUT2D eigenvalue weighted by atomic mass is 16.5. The molecular formula is C14H19NO4. The Morgan fingerprint density at radius 1 is 1.42 bits per heavy atom. The number of nitrogens with one attached hydrogen (secondary N) is 1. The molecule has 1 N–H and O–H groups in total. The fourth-order valence-electron chi connectivity index (χ4n) is 2.23. The number of methoxy groups -OCH3 is 2. The van der Waals surface area contributed by atoms with E-state index in [1.807, 2.05) is 24.3 Å². The topological polar surface area (TPSA) is 56.8 Å². The van der Waals surface area contributed by atoms with Crippen LogP contribution in [0.5, 0.6) is 5.75 Å². The third-order valence-corrected chi connectivity index (χ3v) is 3.21. The third-order valence-electron chi connectivity index (χ3n) is 3.21. The number of carbonyl (C=O) groups is 1. The van der Waals surface area contributed by atoms with Crippen molar-refractivity contribution in [2.75, 3.05) is 26.1 Å². The van der Waals surface area contributed by atoms with E-state index in [1.165, 1.54) is 7.11 Å². The van der Waals surface area contributed by atoms with Crippen molar-refractivity contribution in [1.29, 1.82) is 0 Å². The van der Waals surface area contributed by atoms with Gasteiger partial charge < -0.3 is 19.5 Å². The van der Waals surface area contributed by atoms with E-state index in [2.05, 4.69) is 5.32 Å². The molecule has 2 rings (SSSR count). The van der Waals surface area contributed by atoms with Gasteiger partial charge in [0.2, 0.25) is 0 Å². The lowest BCUT2D eigenvalue weighted by atomic mass is 10.1. The number of esters is 1. The van der Waals surface area contributed by atoms with E-state index >= 15 is 0 Å². The Labute approximate surface area is 112 Å². The van der Waals surface area contributed by atoms with Crippen LogP contribution in [-0.4, -0.2) is 38.9 Å². The fraction of sp³-hybridized carbons (Fsp3) is 0.500. The molecule has 5 nitrogen and oxygen atoms in total. The zero-order chi connectivity index (χ0) is 13.7. The summed E-state index contributed by atoms with van der Waals surface area (Å²) >= 11 is 0. The standard InChI is InChI=1S/C14H19NO4/c1-17-11-7-4-3-6-10(11)15-13(14(16)18-2)12-8-5-9-19-12/h3-4,6-7,12-13,15H,5,8-9H2,1-2H3. The monoisotopic (exact) mass is 265 g/mol. The molecule has 104 valence electrons. The lowest BCUT2D eigenvalue weighted by Gasteiger charge is -2.23. The minimum atomic E-state index is -0.510. The van der Waals surface area contributed by atoms with Crippen LogP contribution in [0.4, 0.5) is 5.69 Å². The first-order valence-corrected chi connectivity index (χ1v) is 6.35. The Morgan fingerprint density at radius 2 is 2.21 bits per heavy atom. The van der Waals surface area contributed by atoms with Crippen molar-refractivity contribution in [3.05, 3.63) is 24.3 Å². The first-order chi connectivity index (χ1) is 9.26. The summed E-state index contributed by atoms with van der Waals surface area (Å²) in [5.74, 6) is 0.368. The summed E-state index contributed by atoms with van der Waals surface area (Å²) in [6.07, 6.45) is 1.66. The summed E-state index contributed by atoms with van der Waals surface area (Å²) in [6, 6.07) is 6.96. The molecule has 0 saturated carbocycles. The van der Waals surface area contributed by atoms with Crippen molar-refractivity contribution < 1.29 is 19.0 Å². The maximum Gasteiger partial charge on any atom is 0.331 e. The summed E-state index contributed by atoms with van der Waals surface area (Å²) in [5.41, 5.74) is 0.760. The molecule has 0 radical (unpaired) electrons. The van der Waals surface area contributed by atoms with Gasteiger partial charge in [-0.15, -0.1) is 0 Å². The Kier molecular flexibility index (Phi) is 4.63. The van der Waals surface area contributed by atoms with Gasteiger partial charge in [0.25, 0.3) is 0 Å². The Morgan fingerprint density at radius 3 is 2.84 bits per heavy atom. The molecule has 0 aliphatic carbocycles. The van der Waals surface area contributed by atoms with Gasteiger partial charge in [-0.2, -0.15) is 0 Å². The molecule has 1 aromatic rings. The number of hydrogen-bond donors (Lipinski definition) is 1. The fourth-order valence-corrected chi connectivity index (χ4v) is 2.23. The average molecular weight is 265 g/mol. The summed E-state index contributed by atoms with van der Waals surface area (Å²) in [6.45, 7) is 0.686. The average Bonchev–Trinajstić information content (AvgIpc) is 2.98. The molecular weight excluding hydrogens is 246 g/mol. The second kappa shape index (κ2) is 6.43. The number of rotatable bonds is 5. The molecule has 0 spiro atoms. The molecule has 1 heterocycles. The van der Waals surface area contributed by atoms with E-state index < -0.39 is 6.04 Å². The van der Waals surface area contributed by atoms with E-state index in [1.54, 1.807) is 7.11 Å². The van der Waals surface area contributed by atoms with E-state index in [4.69, 9.17) is 14.2 Å². The lowest BCUT2D eigenvalue weighted by Crippen LogP contribution is -2.41. The van der Waals surface area contributed by atoms with Crippen molar-refractivity contribution >= 4 is 11.7 Å². The first-order valence-electron chi connectivity index (χ1n) is 6.35. The van der Waals surface area contributed by atoms with Crippen LogP contribution >= 0.6 is 0 Å². The summed E-state index contributed by atoms with van der Waals surface area (Å²) in [7, 11) is 2.98. The van der Waals surface area contributed by atoms with Gasteiger partial charge in [0.1, 0.15) is 5.75 Å². The predicted molar refractivity (Wildman–Crippen MR) is 71.4 cm³/mol. The van der Waals surface area contributed by atoms with E-state index in [0.717, 1.165) is 18.5 Å². The molecule has 2 atom stereocenters. The second-order valence-electron chi connectivity index (χ2n) is 4.40. The van der Waals surface area contributed by atoms with E-state index in [0.29, 0.717) is 12.4 Å². The van der Waals surface area contributed by atoms with Gasteiger partial charge in [0.15, 0.2) is 6.04 Å². The Hall–Kier alpha value is -1.75. The smallest absolute Gasteiger partial charge is 0.331 e. The van der Waals surface area contributed by atoms with Gasteiger partial charge in [0.05, 0.1) is 26.0 Å². The molecule has 2 unspecified atom stereocenters. The molecule has 0 bridgehead atoms. The summed E-state index contributed by atoms with van der Waals surface area (Å²) < 4.78 is 15.7. The summed E-state index contributed by atoms with van der Waals surface area (Å²) in [5, 5.41) is 3.17. The SMILES string of the molecule is COC(=O)C(Nc1ccccc1OC)C1CCCO1. The number of para-hydroxylation sites is 2. The molecule has 5 heteroatoms. The molecule has 0 aromatic heterocycles. The predicted octanol–water partition coefficient (Wildman–Crippen LogP) is 1.83. The van der Waals surface area contributed by atoms with Gasteiger partial charge >= 0.3 is 5.97 Å². The normalized spacial score (nSPS) is 19.8. The molecule has 1 fully saturated rings. The van der Waals surface area contributed by atoms with Crippen LogP contribution in [-0.2, 0) is 14.3 Å². The maximum atomic E-state index is 11.9. The highest BCUT2D eigenvalue weighted by Gasteiger charge is 2.33. The number of ether oxygens (including phenoxy) is 3. The largest absolute Gasteiger partial charge is 0.495 e. The number of anilines is 1. The number of benzene rings is 1. The van der Waals surface area contributed by atoms with Crippen molar-refractivity contribution in [3.8, 4) is 5.75 Å². The van der Waals surface area contributed by atoms with Crippen LogP contribution in [0.2, 0.25) is 0 Å². The van der Waals surface area contributed by atoms with Crippen LogP contribution in [0.15, 0.2) is 24.3 Å². The third kappa shape index (κ3) is 3.17. The molecule has 1 aromatic carbocycles. The Bertz CT molecular complexity index is 429. The van der Waals surface area contributed by atoms with Crippen molar-refractivity contribution in [2.24, 2.45) is 0 Å². The molecule has 19 heavy (non-hydrogen) atoms. The minimum absolute atomic E-state index is 0.155. The van der Waals surface area contributed by atoms with Gasteiger partial charge in [-0.05, 0) is 25.0 Å². The highest BCUT2D eigenvalue weighted by molar-refractivity contribution is 5.80. The zero-order valence-electron chi connectivity index (χ0n) is 11.2. The number of carbonyl (C=O) groups excluding carboxylic acids is 1. The van der Waals surface area contributed by atoms with Gasteiger partial charge in [0, 0.05) is 6.61 Å². The van der Waals surface area contributed by atoms with Crippen LogP contribution < -0.4 is 10.1 Å². The minimum Gasteiger partial charge on any atom is -0.495 e. The van der Waals surface area contributed by atoms with E-state index in [9.17, 15) is 4.79 Å². The second-order valence-corrected chi connectivity index (χ2v) is 4.40. The maximum absolute atomic E-state index is 11.9. The molecule has 1 aliphatic rings. The quantitative estimate of drug-likeness (QED) is 0.823. The van der Waals surface area contributed by atoms with Crippen molar-refractivity contribution in [1.82, 2.24) is 0 Å². The van der Waals surface area contributed by atoms with Crippen molar-refractivity contribution in [2.45, 2.75) is 25.0 Å². The van der Waals surface area contributed by atoms with Gasteiger partial charge in [-0.25, -0.2) is 4.79 Å². The van der Waals surface area contributed by atoms with Crippen LogP contribution in [0.3, 0.4) is 0 Å². The molecule has 0 amide bonds. The highest BCUT2D eigenvalue weighted by Crippen LogP contribution is 2.27. The van der Waals surface area contributed by atoms with Crippen molar-refractivity contribution in [3.63, 3.8) is 0 Å². The van der Waals surface area contributed by atoms with E-state index in [-0.39, 0.29) is 12.1 Å². The van der Waals surface area contributed by atoms with Crippen LogP contribution in [0, 0.1) is 0 Å². The molecule has 1 aliphatic heterocycles. The van der Waals surface area contributed by atoms with Gasteiger partial charge in [-0.3, -0.25) is 0 Å². The van der Waals surface area contributed by atoms with Crippen LogP contribution in [0.25, 0.3) is 0 Å². The summed E-state index contributed by atoms with van der Waals surface area (Å²) in [4.78, 5) is 11.9.